The van der Waals surface area contributed by atoms with E-state index in [4.69, 9.17) is 4.98 Å². The number of rotatable bonds is 7. The van der Waals surface area contributed by atoms with Crippen LogP contribution in [0.3, 0.4) is 0 Å². The summed E-state index contributed by atoms with van der Waals surface area (Å²) in [6.45, 7) is 3.57. The molecule has 0 bridgehead atoms. The Labute approximate surface area is 197 Å². The van der Waals surface area contributed by atoms with E-state index in [1.54, 1.807) is 0 Å². The summed E-state index contributed by atoms with van der Waals surface area (Å²) in [4.78, 5) is 20.7. The van der Waals surface area contributed by atoms with E-state index in [1.807, 2.05) is 36.4 Å². The molecule has 5 aromatic rings. The number of carbonyl (C=O) groups is 1. The largest absolute Gasteiger partial charge is 0.358 e. The van der Waals surface area contributed by atoms with E-state index in [1.165, 1.54) is 29.8 Å². The molecule has 0 fully saturated rings. The lowest BCUT2D eigenvalue weighted by Gasteiger charge is -2.08. The first kappa shape index (κ1) is 21.8. The fourth-order valence-electron chi connectivity index (χ4n) is 4.22. The van der Waals surface area contributed by atoms with E-state index in [0.29, 0.717) is 17.8 Å². The molecule has 1 amide bonds. The number of aryl methyl sites for hydroxylation is 1. The van der Waals surface area contributed by atoms with Crippen molar-refractivity contribution in [2.24, 2.45) is 0 Å². The summed E-state index contributed by atoms with van der Waals surface area (Å²) in [6, 6.07) is 23.6. The van der Waals surface area contributed by atoms with Crippen LogP contribution in [0.2, 0.25) is 0 Å². The number of hydrogen-bond acceptors (Lipinski definition) is 3. The van der Waals surface area contributed by atoms with Crippen LogP contribution < -0.4 is 10.6 Å². The molecular formula is C28H25FN4O. The number of pyridine rings is 1. The Morgan fingerprint density at radius 1 is 1.00 bits per heavy atom. The van der Waals surface area contributed by atoms with Crippen LogP contribution in [0.1, 0.15) is 27.3 Å². The third-order valence-corrected chi connectivity index (χ3v) is 6.00. The number of para-hydroxylation sites is 1. The molecule has 6 heteroatoms. The number of amides is 1. The molecule has 0 spiro atoms. The third-order valence-electron chi connectivity index (χ3n) is 6.00. The zero-order chi connectivity index (χ0) is 23.5. The topological polar surface area (TPSA) is 69.8 Å². The predicted molar refractivity (Wildman–Crippen MR) is 135 cm³/mol. The Hall–Kier alpha value is -4.03. The molecule has 0 saturated carbocycles. The first-order valence-electron chi connectivity index (χ1n) is 11.3. The zero-order valence-corrected chi connectivity index (χ0v) is 18.9. The second-order valence-electron chi connectivity index (χ2n) is 8.37. The highest BCUT2D eigenvalue weighted by atomic mass is 19.1. The lowest BCUT2D eigenvalue weighted by molar-refractivity contribution is 0.102. The van der Waals surface area contributed by atoms with Crippen LogP contribution in [0.25, 0.3) is 21.8 Å². The maximum absolute atomic E-state index is 13.1. The normalized spacial score (nSPS) is 11.2. The molecule has 5 nitrogen and oxygen atoms in total. The highest BCUT2D eigenvalue weighted by molar-refractivity contribution is 6.05. The molecule has 0 aliphatic rings. The van der Waals surface area contributed by atoms with Gasteiger partial charge in [0, 0.05) is 39.8 Å². The van der Waals surface area contributed by atoms with Crippen molar-refractivity contribution in [2.75, 3.05) is 11.9 Å². The van der Waals surface area contributed by atoms with Gasteiger partial charge < -0.3 is 15.6 Å². The number of H-pyrrole nitrogens is 1. The van der Waals surface area contributed by atoms with Gasteiger partial charge in [-0.1, -0.05) is 24.3 Å². The predicted octanol–water partition coefficient (Wildman–Crippen LogP) is 5.75. The van der Waals surface area contributed by atoms with Gasteiger partial charge in [-0.3, -0.25) is 9.78 Å². The SMILES string of the molecule is Cc1[nH]c2ccc(NC(=O)c3ccc(F)cc3)cc2c1CCNCc1ccc2ccccc2n1. The van der Waals surface area contributed by atoms with Gasteiger partial charge in [-0.15, -0.1) is 0 Å². The fourth-order valence-corrected chi connectivity index (χ4v) is 4.22. The maximum atomic E-state index is 13.1. The first-order chi connectivity index (χ1) is 16.6. The highest BCUT2D eigenvalue weighted by Crippen LogP contribution is 2.26. The van der Waals surface area contributed by atoms with E-state index >= 15 is 0 Å². The van der Waals surface area contributed by atoms with Crippen LogP contribution in [0.4, 0.5) is 10.1 Å². The Bertz CT molecular complexity index is 1470. The summed E-state index contributed by atoms with van der Waals surface area (Å²) in [7, 11) is 0. The lowest BCUT2D eigenvalue weighted by Crippen LogP contribution is -2.17. The minimum absolute atomic E-state index is 0.266. The van der Waals surface area contributed by atoms with Crippen LogP contribution in [-0.2, 0) is 13.0 Å². The van der Waals surface area contributed by atoms with Crippen LogP contribution in [0.15, 0.2) is 78.9 Å². The molecule has 3 aromatic carbocycles. The van der Waals surface area contributed by atoms with Crippen molar-refractivity contribution in [3.8, 4) is 0 Å². The molecule has 3 N–H and O–H groups in total. The molecule has 0 atom stereocenters. The van der Waals surface area contributed by atoms with Gasteiger partial charge in [0.15, 0.2) is 0 Å². The molecule has 0 saturated heterocycles. The minimum Gasteiger partial charge on any atom is -0.358 e. The van der Waals surface area contributed by atoms with E-state index in [-0.39, 0.29) is 11.7 Å². The fraction of sp³-hybridized carbons (Fsp3) is 0.143. The summed E-state index contributed by atoms with van der Waals surface area (Å²) >= 11 is 0. The number of halogens is 1. The molecular weight excluding hydrogens is 427 g/mol. The number of nitrogens with one attached hydrogen (secondary N) is 3. The van der Waals surface area contributed by atoms with Gasteiger partial charge in [0.05, 0.1) is 11.2 Å². The van der Waals surface area contributed by atoms with Crippen molar-refractivity contribution >= 4 is 33.4 Å². The van der Waals surface area contributed by atoms with Crippen molar-refractivity contribution in [3.05, 3.63) is 107 Å². The number of aromatic amines is 1. The van der Waals surface area contributed by atoms with Gasteiger partial charge in [-0.05, 0) is 80.1 Å². The number of nitrogens with zero attached hydrogens (tertiary/aromatic N) is 1. The number of anilines is 1. The van der Waals surface area contributed by atoms with Crippen molar-refractivity contribution in [2.45, 2.75) is 19.9 Å². The van der Waals surface area contributed by atoms with Crippen LogP contribution in [-0.4, -0.2) is 22.4 Å². The Morgan fingerprint density at radius 3 is 2.68 bits per heavy atom. The van der Waals surface area contributed by atoms with E-state index in [0.717, 1.165) is 46.2 Å². The van der Waals surface area contributed by atoms with Crippen molar-refractivity contribution < 1.29 is 9.18 Å². The molecule has 0 unspecified atom stereocenters. The quantitative estimate of drug-likeness (QED) is 0.276. The molecule has 2 aromatic heterocycles. The molecule has 170 valence electrons. The lowest BCUT2D eigenvalue weighted by atomic mass is 10.1. The summed E-state index contributed by atoms with van der Waals surface area (Å²) in [5, 5.41) is 8.63. The van der Waals surface area contributed by atoms with E-state index < -0.39 is 0 Å². The number of carbonyl (C=O) groups excluding carboxylic acids is 1. The first-order valence-corrected chi connectivity index (χ1v) is 11.3. The second kappa shape index (κ2) is 9.45. The smallest absolute Gasteiger partial charge is 0.255 e. The molecule has 2 heterocycles. The number of fused-ring (bicyclic) bond motifs is 2. The standard InChI is InChI=1S/C28H25FN4O/c1-18-24(14-15-30-17-23-11-8-19-4-2-3-5-26(19)32-23)25-16-22(12-13-27(25)31-18)33-28(34)20-6-9-21(29)10-7-20/h2-13,16,30-31H,14-15,17H2,1H3,(H,33,34). The van der Waals surface area contributed by atoms with Gasteiger partial charge in [-0.2, -0.15) is 0 Å². The average Bonchev–Trinajstić information content (AvgIpc) is 3.16. The van der Waals surface area contributed by atoms with Gasteiger partial charge in [-0.25, -0.2) is 4.39 Å². The zero-order valence-electron chi connectivity index (χ0n) is 18.9. The van der Waals surface area contributed by atoms with Crippen LogP contribution >= 0.6 is 0 Å². The molecule has 0 radical (unpaired) electrons. The minimum atomic E-state index is -0.365. The molecule has 0 aliphatic carbocycles. The van der Waals surface area contributed by atoms with Crippen LogP contribution in [0, 0.1) is 12.7 Å². The number of benzene rings is 3. The van der Waals surface area contributed by atoms with Gasteiger partial charge in [0.2, 0.25) is 0 Å². The summed E-state index contributed by atoms with van der Waals surface area (Å²) < 4.78 is 13.1. The highest BCUT2D eigenvalue weighted by Gasteiger charge is 2.11. The van der Waals surface area contributed by atoms with Crippen molar-refractivity contribution in [1.82, 2.24) is 15.3 Å². The maximum Gasteiger partial charge on any atom is 0.255 e. The van der Waals surface area contributed by atoms with Gasteiger partial charge in [0.1, 0.15) is 5.82 Å². The van der Waals surface area contributed by atoms with Gasteiger partial charge >= 0.3 is 0 Å². The van der Waals surface area contributed by atoms with Crippen molar-refractivity contribution in [1.29, 1.82) is 0 Å². The second-order valence-corrected chi connectivity index (χ2v) is 8.37. The van der Waals surface area contributed by atoms with Gasteiger partial charge in [0.25, 0.3) is 5.91 Å². The Morgan fingerprint density at radius 2 is 1.82 bits per heavy atom. The number of aromatic nitrogens is 2. The monoisotopic (exact) mass is 452 g/mol. The Balaban J connectivity index is 1.25. The van der Waals surface area contributed by atoms with E-state index in [9.17, 15) is 9.18 Å². The average molecular weight is 453 g/mol. The third kappa shape index (κ3) is 4.67. The summed E-state index contributed by atoms with van der Waals surface area (Å²) in [6.07, 6.45) is 0.842. The summed E-state index contributed by atoms with van der Waals surface area (Å²) in [5.41, 5.74) is 6.50. The van der Waals surface area contributed by atoms with E-state index in [2.05, 4.69) is 40.7 Å². The van der Waals surface area contributed by atoms with Crippen molar-refractivity contribution in [3.63, 3.8) is 0 Å². The molecule has 0 aliphatic heterocycles. The van der Waals surface area contributed by atoms with Crippen LogP contribution in [0.5, 0.6) is 0 Å². The molecule has 34 heavy (non-hydrogen) atoms. The Kier molecular flexibility index (Phi) is 6.06. The number of hydrogen-bond donors (Lipinski definition) is 3. The molecule has 5 rings (SSSR count). The summed E-state index contributed by atoms with van der Waals surface area (Å²) in [5.74, 6) is -0.631.